The third-order valence-electron chi connectivity index (χ3n) is 2.57. The molecule has 0 aliphatic rings. The van der Waals surface area contributed by atoms with E-state index in [-0.39, 0.29) is 5.69 Å². The minimum Gasteiger partial charge on any atom is -0.394 e. The number of carbonyl (C=O) groups excluding carboxylic acids is 1. The molecule has 1 aromatic rings. The molecule has 0 fully saturated rings. The smallest absolute Gasteiger partial charge is 0.289 e. The van der Waals surface area contributed by atoms with Crippen molar-refractivity contribution in [2.24, 2.45) is 5.10 Å². The Kier molecular flexibility index (Phi) is 6.85. The van der Waals surface area contributed by atoms with E-state index in [1.165, 1.54) is 12.3 Å². The highest BCUT2D eigenvalue weighted by Crippen LogP contribution is 2.03. The molecule has 1 rings (SSSR count). The van der Waals surface area contributed by atoms with Gasteiger partial charge in [0.1, 0.15) is 30.1 Å². The highest BCUT2D eigenvalue weighted by atomic mass is 16.4. The fraction of sp³-hybridized carbons (Fsp3) is 0.417. The Labute approximate surface area is 120 Å². The molecule has 0 aliphatic carbocycles. The number of nitrogens with zero attached hydrogens (tertiary/aromatic N) is 2. The van der Waals surface area contributed by atoms with Crippen LogP contribution in [0.15, 0.2) is 29.5 Å². The Morgan fingerprint density at radius 2 is 2.00 bits per heavy atom. The van der Waals surface area contributed by atoms with Gasteiger partial charge in [0.25, 0.3) is 5.91 Å². The number of pyridine rings is 1. The van der Waals surface area contributed by atoms with Crippen molar-refractivity contribution < 1.29 is 30.3 Å². The molecule has 0 spiro atoms. The summed E-state index contributed by atoms with van der Waals surface area (Å²) in [6.45, 7) is -0.779. The van der Waals surface area contributed by atoms with Gasteiger partial charge in [0.2, 0.25) is 0 Å². The van der Waals surface area contributed by atoms with Gasteiger partial charge in [-0.15, -0.1) is 0 Å². The van der Waals surface area contributed by atoms with Gasteiger partial charge in [0.15, 0.2) is 0 Å². The predicted molar refractivity (Wildman–Crippen MR) is 71.3 cm³/mol. The van der Waals surface area contributed by atoms with Crippen LogP contribution in [0.4, 0.5) is 0 Å². The van der Waals surface area contributed by atoms with Crippen molar-refractivity contribution in [3.05, 3.63) is 30.1 Å². The number of aliphatic hydroxyl groups excluding tert-OH is 5. The first kappa shape index (κ1) is 17.1. The van der Waals surface area contributed by atoms with Gasteiger partial charge in [0.05, 0.1) is 12.8 Å². The Morgan fingerprint density at radius 3 is 2.57 bits per heavy atom. The van der Waals surface area contributed by atoms with Crippen LogP contribution in [0, 0.1) is 0 Å². The molecule has 21 heavy (non-hydrogen) atoms. The Bertz CT molecular complexity index is 469. The monoisotopic (exact) mass is 299 g/mol. The number of rotatable bonds is 7. The molecule has 6 N–H and O–H groups in total. The number of hydrazone groups is 1. The van der Waals surface area contributed by atoms with Gasteiger partial charge in [-0.05, 0) is 12.1 Å². The van der Waals surface area contributed by atoms with Crippen molar-refractivity contribution in [3.63, 3.8) is 0 Å². The number of aromatic nitrogens is 1. The molecule has 0 aromatic carbocycles. The molecular formula is C12H17N3O6. The molecule has 4 atom stereocenters. The molecule has 9 nitrogen and oxygen atoms in total. The third-order valence-corrected chi connectivity index (χ3v) is 2.57. The van der Waals surface area contributed by atoms with Crippen molar-refractivity contribution in [2.75, 3.05) is 6.61 Å². The number of nitrogens with one attached hydrogen (secondary N) is 1. The Balaban J connectivity index is 2.51. The van der Waals surface area contributed by atoms with Crippen molar-refractivity contribution >= 4 is 12.1 Å². The zero-order chi connectivity index (χ0) is 15.8. The summed E-state index contributed by atoms with van der Waals surface area (Å²) in [6, 6.07) is 4.70. The van der Waals surface area contributed by atoms with Gasteiger partial charge in [-0.3, -0.25) is 9.78 Å². The van der Waals surface area contributed by atoms with E-state index in [9.17, 15) is 20.1 Å². The average molecular weight is 299 g/mol. The summed E-state index contributed by atoms with van der Waals surface area (Å²) in [4.78, 5) is 15.3. The second-order valence-electron chi connectivity index (χ2n) is 4.16. The lowest BCUT2D eigenvalue weighted by atomic mass is 10.0. The second-order valence-corrected chi connectivity index (χ2v) is 4.16. The molecule has 116 valence electrons. The van der Waals surface area contributed by atoms with Gasteiger partial charge in [-0.2, -0.15) is 5.10 Å². The van der Waals surface area contributed by atoms with Gasteiger partial charge in [-0.1, -0.05) is 6.07 Å². The summed E-state index contributed by atoms with van der Waals surface area (Å²) in [5, 5.41) is 49.5. The van der Waals surface area contributed by atoms with Gasteiger partial charge >= 0.3 is 0 Å². The van der Waals surface area contributed by atoms with E-state index in [1.54, 1.807) is 12.1 Å². The van der Waals surface area contributed by atoms with Crippen molar-refractivity contribution in [2.45, 2.75) is 24.4 Å². The quantitative estimate of drug-likeness (QED) is 0.235. The number of hydrogen-bond acceptors (Lipinski definition) is 8. The summed E-state index contributed by atoms with van der Waals surface area (Å²) in [5.41, 5.74) is 2.18. The number of hydrogen-bond donors (Lipinski definition) is 6. The first-order valence-electron chi connectivity index (χ1n) is 6.05. The van der Waals surface area contributed by atoms with E-state index < -0.39 is 36.9 Å². The highest BCUT2D eigenvalue weighted by molar-refractivity contribution is 5.92. The maximum atomic E-state index is 11.5. The minimum absolute atomic E-state index is 0.112. The van der Waals surface area contributed by atoms with Gasteiger partial charge < -0.3 is 25.5 Å². The van der Waals surface area contributed by atoms with Crippen LogP contribution in [0.3, 0.4) is 0 Å². The number of carbonyl (C=O) groups is 1. The molecule has 0 unspecified atom stereocenters. The molecule has 0 saturated heterocycles. The van der Waals surface area contributed by atoms with Crippen molar-refractivity contribution in [3.8, 4) is 0 Å². The molecular weight excluding hydrogens is 282 g/mol. The van der Waals surface area contributed by atoms with E-state index in [0.29, 0.717) is 0 Å². The minimum atomic E-state index is -1.78. The van der Waals surface area contributed by atoms with Crippen LogP contribution in [0.2, 0.25) is 0 Å². The second kappa shape index (κ2) is 8.39. The predicted octanol–water partition coefficient (Wildman–Crippen LogP) is -2.77. The van der Waals surface area contributed by atoms with Gasteiger partial charge in [-0.25, -0.2) is 5.43 Å². The maximum absolute atomic E-state index is 11.5. The van der Waals surface area contributed by atoms with Crippen LogP contribution in [0.1, 0.15) is 10.5 Å². The van der Waals surface area contributed by atoms with E-state index in [1.807, 2.05) is 0 Å². The highest BCUT2D eigenvalue weighted by Gasteiger charge is 2.29. The summed E-state index contributed by atoms with van der Waals surface area (Å²) in [6.07, 6.45) is -4.59. The molecule has 1 heterocycles. The van der Waals surface area contributed by atoms with Crippen LogP contribution in [-0.4, -0.2) is 73.7 Å². The van der Waals surface area contributed by atoms with Crippen molar-refractivity contribution in [1.82, 2.24) is 10.4 Å². The van der Waals surface area contributed by atoms with E-state index in [0.717, 1.165) is 6.21 Å². The van der Waals surface area contributed by atoms with Crippen LogP contribution in [-0.2, 0) is 0 Å². The number of amides is 1. The molecule has 1 amide bonds. The summed E-state index contributed by atoms with van der Waals surface area (Å²) >= 11 is 0. The lowest BCUT2D eigenvalue weighted by Gasteiger charge is -2.23. The summed E-state index contributed by atoms with van der Waals surface area (Å²) in [7, 11) is 0. The molecule has 1 aromatic heterocycles. The largest absolute Gasteiger partial charge is 0.394 e. The van der Waals surface area contributed by atoms with Gasteiger partial charge in [0, 0.05) is 6.20 Å². The molecule has 0 bridgehead atoms. The molecule has 0 saturated carbocycles. The van der Waals surface area contributed by atoms with Crippen LogP contribution in [0.25, 0.3) is 0 Å². The maximum Gasteiger partial charge on any atom is 0.289 e. The Hall–Kier alpha value is -1.91. The molecule has 0 radical (unpaired) electrons. The van der Waals surface area contributed by atoms with E-state index in [2.05, 4.69) is 15.5 Å². The molecule has 0 aliphatic heterocycles. The first-order valence-corrected chi connectivity index (χ1v) is 6.05. The summed E-state index contributed by atoms with van der Waals surface area (Å²) in [5.74, 6) is -0.621. The normalized spacial score (nSPS) is 17.2. The fourth-order valence-electron chi connectivity index (χ4n) is 1.35. The standard InChI is InChI=1S/C12H17N3O6/c16-6-9(18)11(20)10(19)8(17)5-14-15-12(21)7-3-1-2-4-13-7/h1-5,8-11,16-20H,6H2,(H,15,21)/b14-5+/t8-,9+,10+,11+/m0/s1. The average Bonchev–Trinajstić information content (AvgIpc) is 2.53. The van der Waals surface area contributed by atoms with Crippen molar-refractivity contribution in [1.29, 1.82) is 0 Å². The van der Waals surface area contributed by atoms with Crippen LogP contribution >= 0.6 is 0 Å². The molecule has 9 heteroatoms. The Morgan fingerprint density at radius 1 is 1.29 bits per heavy atom. The van der Waals surface area contributed by atoms with Crippen LogP contribution < -0.4 is 5.43 Å². The third kappa shape index (κ3) is 5.17. The SMILES string of the molecule is O=C(N/N=C/[C@H](O)[C@@H](O)[C@H](O)[C@H](O)CO)c1ccccn1. The van der Waals surface area contributed by atoms with E-state index in [4.69, 9.17) is 10.2 Å². The van der Waals surface area contributed by atoms with E-state index >= 15 is 0 Å². The first-order chi connectivity index (χ1) is 9.97. The fourth-order valence-corrected chi connectivity index (χ4v) is 1.35. The zero-order valence-corrected chi connectivity index (χ0v) is 10.9. The summed E-state index contributed by atoms with van der Waals surface area (Å²) < 4.78 is 0. The zero-order valence-electron chi connectivity index (χ0n) is 10.9. The lowest BCUT2D eigenvalue weighted by molar-refractivity contribution is -0.0999. The number of aliphatic hydroxyl groups is 5. The lowest BCUT2D eigenvalue weighted by Crippen LogP contribution is -2.46. The van der Waals surface area contributed by atoms with Crippen LogP contribution in [0.5, 0.6) is 0 Å². The topological polar surface area (TPSA) is 156 Å².